The van der Waals surface area contributed by atoms with E-state index in [-0.39, 0.29) is 5.84 Å². The van der Waals surface area contributed by atoms with Gasteiger partial charge in [-0.2, -0.15) is 0 Å². The van der Waals surface area contributed by atoms with Crippen LogP contribution in [0.25, 0.3) is 0 Å². The highest BCUT2D eigenvalue weighted by atomic mass is 79.9. The second-order valence-electron chi connectivity index (χ2n) is 2.79. The Labute approximate surface area is 100 Å². The Bertz CT molecular complexity index is 434. The van der Waals surface area contributed by atoms with Gasteiger partial charge in [0.15, 0.2) is 5.84 Å². The SMILES string of the molecule is COC(=O)Nc1ccc(Br)cc1/C(N)=N/O. The number of methoxy groups -OCH3 is 1. The number of anilines is 1. The number of benzene rings is 1. The molecule has 0 fully saturated rings. The number of hydrogen-bond donors (Lipinski definition) is 3. The van der Waals surface area contributed by atoms with Gasteiger partial charge >= 0.3 is 6.09 Å². The van der Waals surface area contributed by atoms with Crippen LogP contribution in [0.5, 0.6) is 0 Å². The summed E-state index contributed by atoms with van der Waals surface area (Å²) in [5.41, 5.74) is 6.25. The van der Waals surface area contributed by atoms with Crippen molar-refractivity contribution in [3.05, 3.63) is 28.2 Å². The molecule has 0 unspecified atom stereocenters. The van der Waals surface area contributed by atoms with E-state index in [1.807, 2.05) is 0 Å². The maximum atomic E-state index is 11.0. The fourth-order valence-corrected chi connectivity index (χ4v) is 1.41. The third kappa shape index (κ3) is 2.86. The third-order valence-corrected chi connectivity index (χ3v) is 2.28. The summed E-state index contributed by atoms with van der Waals surface area (Å²) in [6.45, 7) is 0. The number of carbonyl (C=O) groups excluding carboxylic acids is 1. The average Bonchev–Trinajstić information content (AvgIpc) is 2.30. The van der Waals surface area contributed by atoms with Crippen LogP contribution in [0.15, 0.2) is 27.8 Å². The van der Waals surface area contributed by atoms with Crippen molar-refractivity contribution in [1.82, 2.24) is 0 Å². The van der Waals surface area contributed by atoms with Gasteiger partial charge in [0.05, 0.1) is 12.8 Å². The minimum absolute atomic E-state index is 0.104. The first kappa shape index (κ1) is 12.3. The summed E-state index contributed by atoms with van der Waals surface area (Å²) in [7, 11) is 1.25. The molecule has 0 aliphatic carbocycles. The Kier molecular flexibility index (Phi) is 4.12. The van der Waals surface area contributed by atoms with Gasteiger partial charge in [-0.05, 0) is 18.2 Å². The first-order chi connectivity index (χ1) is 7.58. The van der Waals surface area contributed by atoms with Crippen LogP contribution in [0.3, 0.4) is 0 Å². The van der Waals surface area contributed by atoms with Gasteiger partial charge in [0.1, 0.15) is 0 Å². The number of carbonyl (C=O) groups is 1. The van der Waals surface area contributed by atoms with Crippen LogP contribution in [-0.4, -0.2) is 24.2 Å². The molecule has 0 heterocycles. The van der Waals surface area contributed by atoms with Gasteiger partial charge < -0.3 is 15.7 Å². The maximum Gasteiger partial charge on any atom is 0.411 e. The van der Waals surface area contributed by atoms with Crippen LogP contribution >= 0.6 is 15.9 Å². The highest BCUT2D eigenvalue weighted by Crippen LogP contribution is 2.21. The minimum Gasteiger partial charge on any atom is -0.453 e. The standard InChI is InChI=1S/C9H10BrN3O3/c1-16-9(14)12-7-3-2-5(10)4-6(7)8(11)13-15/h2-4,15H,1H3,(H2,11,13)(H,12,14). The molecule has 0 spiro atoms. The molecular formula is C9H10BrN3O3. The van der Waals surface area contributed by atoms with E-state index in [1.54, 1.807) is 18.2 Å². The predicted molar refractivity (Wildman–Crippen MR) is 62.7 cm³/mol. The summed E-state index contributed by atoms with van der Waals surface area (Å²) in [5.74, 6) is -0.104. The minimum atomic E-state index is -0.630. The molecule has 6 nitrogen and oxygen atoms in total. The van der Waals surface area contributed by atoms with Crippen molar-refractivity contribution in [1.29, 1.82) is 0 Å². The Balaban J connectivity index is 3.12. The fraction of sp³-hybridized carbons (Fsp3) is 0.111. The van der Waals surface area contributed by atoms with Gasteiger partial charge in [-0.15, -0.1) is 0 Å². The van der Waals surface area contributed by atoms with E-state index in [0.717, 1.165) is 4.47 Å². The number of oxime groups is 1. The Hall–Kier alpha value is -1.76. The fourth-order valence-electron chi connectivity index (χ4n) is 1.05. The van der Waals surface area contributed by atoms with Crippen molar-refractivity contribution >= 4 is 33.5 Å². The molecule has 16 heavy (non-hydrogen) atoms. The molecule has 0 atom stereocenters. The lowest BCUT2D eigenvalue weighted by atomic mass is 10.1. The van der Waals surface area contributed by atoms with E-state index in [1.165, 1.54) is 7.11 Å². The van der Waals surface area contributed by atoms with Crippen LogP contribution < -0.4 is 11.1 Å². The highest BCUT2D eigenvalue weighted by Gasteiger charge is 2.10. The van der Waals surface area contributed by atoms with Crippen LogP contribution in [-0.2, 0) is 4.74 Å². The van der Waals surface area contributed by atoms with Crippen LogP contribution in [0.1, 0.15) is 5.56 Å². The molecule has 0 aromatic heterocycles. The first-order valence-corrected chi connectivity index (χ1v) is 5.00. The summed E-state index contributed by atoms with van der Waals surface area (Å²) < 4.78 is 5.19. The number of hydrogen-bond acceptors (Lipinski definition) is 4. The van der Waals surface area contributed by atoms with Crippen LogP contribution in [0, 0.1) is 0 Å². The smallest absolute Gasteiger partial charge is 0.411 e. The number of nitrogens with two attached hydrogens (primary N) is 1. The van der Waals surface area contributed by atoms with E-state index in [0.29, 0.717) is 11.3 Å². The van der Waals surface area contributed by atoms with E-state index in [9.17, 15) is 4.79 Å². The lowest BCUT2D eigenvalue weighted by Crippen LogP contribution is -2.19. The van der Waals surface area contributed by atoms with Gasteiger partial charge in [0, 0.05) is 10.0 Å². The van der Waals surface area contributed by atoms with Gasteiger partial charge in [-0.25, -0.2) is 4.79 Å². The molecule has 1 rings (SSSR count). The largest absolute Gasteiger partial charge is 0.453 e. The molecule has 1 aromatic carbocycles. The molecule has 86 valence electrons. The Morgan fingerprint density at radius 3 is 2.88 bits per heavy atom. The van der Waals surface area contributed by atoms with E-state index >= 15 is 0 Å². The number of halogens is 1. The van der Waals surface area contributed by atoms with Crippen LogP contribution in [0.2, 0.25) is 0 Å². The number of nitrogens with one attached hydrogen (secondary N) is 1. The number of ether oxygens (including phenoxy) is 1. The van der Waals surface area contributed by atoms with Gasteiger partial charge in [0.2, 0.25) is 0 Å². The number of nitrogens with zero attached hydrogens (tertiary/aromatic N) is 1. The zero-order chi connectivity index (χ0) is 12.1. The first-order valence-electron chi connectivity index (χ1n) is 4.21. The number of amidine groups is 1. The molecule has 1 amide bonds. The van der Waals surface area contributed by atoms with Crippen molar-refractivity contribution in [3.63, 3.8) is 0 Å². The molecule has 0 aliphatic rings. The van der Waals surface area contributed by atoms with Gasteiger partial charge in [0.25, 0.3) is 0 Å². The van der Waals surface area contributed by atoms with Crippen molar-refractivity contribution < 1.29 is 14.7 Å². The molecule has 7 heteroatoms. The normalized spacial score (nSPS) is 11.0. The summed E-state index contributed by atoms with van der Waals surface area (Å²) in [6.07, 6.45) is -0.630. The second kappa shape index (κ2) is 5.36. The molecule has 0 saturated heterocycles. The van der Waals surface area contributed by atoms with E-state index in [4.69, 9.17) is 10.9 Å². The molecule has 0 bridgehead atoms. The summed E-state index contributed by atoms with van der Waals surface area (Å²) in [6, 6.07) is 4.92. The van der Waals surface area contributed by atoms with Gasteiger partial charge in [-0.1, -0.05) is 21.1 Å². The van der Waals surface area contributed by atoms with Crippen molar-refractivity contribution in [2.24, 2.45) is 10.9 Å². The van der Waals surface area contributed by atoms with E-state index < -0.39 is 6.09 Å². The van der Waals surface area contributed by atoms with Crippen molar-refractivity contribution in [3.8, 4) is 0 Å². The number of amides is 1. The average molecular weight is 288 g/mol. The predicted octanol–water partition coefficient (Wildman–Crippen LogP) is 1.72. The highest BCUT2D eigenvalue weighted by molar-refractivity contribution is 9.10. The Morgan fingerprint density at radius 1 is 1.62 bits per heavy atom. The van der Waals surface area contributed by atoms with Crippen molar-refractivity contribution in [2.45, 2.75) is 0 Å². The molecular weight excluding hydrogens is 278 g/mol. The monoisotopic (exact) mass is 287 g/mol. The molecule has 0 aliphatic heterocycles. The zero-order valence-corrected chi connectivity index (χ0v) is 9.98. The summed E-state index contributed by atoms with van der Waals surface area (Å²) in [5, 5.41) is 13.9. The molecule has 0 radical (unpaired) electrons. The Morgan fingerprint density at radius 2 is 2.31 bits per heavy atom. The van der Waals surface area contributed by atoms with Crippen LogP contribution in [0.4, 0.5) is 10.5 Å². The molecule has 4 N–H and O–H groups in total. The summed E-state index contributed by atoms with van der Waals surface area (Å²) >= 11 is 3.24. The molecule has 1 aromatic rings. The lowest BCUT2D eigenvalue weighted by molar-refractivity contribution is 0.187. The van der Waals surface area contributed by atoms with E-state index in [2.05, 4.69) is 31.1 Å². The van der Waals surface area contributed by atoms with Gasteiger partial charge in [-0.3, -0.25) is 5.32 Å². The van der Waals surface area contributed by atoms with Crippen molar-refractivity contribution in [2.75, 3.05) is 12.4 Å². The maximum absolute atomic E-state index is 11.0. The second-order valence-corrected chi connectivity index (χ2v) is 3.71. The topological polar surface area (TPSA) is 96.9 Å². The lowest BCUT2D eigenvalue weighted by Gasteiger charge is -2.09. The quantitative estimate of drug-likeness (QED) is 0.334. The number of rotatable bonds is 2. The zero-order valence-electron chi connectivity index (χ0n) is 8.40. The molecule has 0 saturated carbocycles. The third-order valence-electron chi connectivity index (χ3n) is 1.79. The summed E-state index contributed by atoms with van der Waals surface area (Å²) in [4.78, 5) is 11.0.